The van der Waals surface area contributed by atoms with Crippen LogP contribution in [0.15, 0.2) is 109 Å². The smallest absolute Gasteiger partial charge is 0.160 e. The van der Waals surface area contributed by atoms with E-state index in [0.29, 0.717) is 0 Å². The van der Waals surface area contributed by atoms with E-state index in [1.165, 1.54) is 10.6 Å². The number of nitrogens with zero attached hydrogens (tertiary/aromatic N) is 4. The zero-order valence-corrected chi connectivity index (χ0v) is 18.5. The van der Waals surface area contributed by atoms with Crippen LogP contribution in [0.1, 0.15) is 5.82 Å². The van der Waals surface area contributed by atoms with E-state index >= 15 is 0 Å². The average Bonchev–Trinajstić information content (AvgIpc) is 3.37. The topological polar surface area (TPSA) is 35.6 Å². The van der Waals surface area contributed by atoms with E-state index < -0.39 is 7.92 Å². The van der Waals surface area contributed by atoms with Gasteiger partial charge in [0.1, 0.15) is 5.82 Å². The maximum absolute atomic E-state index is 5.21. The van der Waals surface area contributed by atoms with Crippen LogP contribution in [0.5, 0.6) is 0 Å². The Bertz CT molecular complexity index is 1490. The first-order valence-electron chi connectivity index (χ1n) is 10.6. The molecule has 6 aromatic rings. The van der Waals surface area contributed by atoms with Gasteiger partial charge in [-0.1, -0.05) is 84.9 Å². The van der Waals surface area contributed by atoms with Gasteiger partial charge in [0.25, 0.3) is 0 Å². The fraction of sp³-hybridized carbons (Fsp3) is 0.0370. The van der Waals surface area contributed by atoms with Gasteiger partial charge in [0.05, 0.1) is 22.1 Å². The Hall–Kier alpha value is -3.75. The zero-order chi connectivity index (χ0) is 21.5. The van der Waals surface area contributed by atoms with Crippen LogP contribution in [0.25, 0.3) is 22.1 Å². The lowest BCUT2D eigenvalue weighted by atomic mass is 10.3. The van der Waals surface area contributed by atoms with Crippen LogP contribution in [-0.2, 0) is 0 Å². The van der Waals surface area contributed by atoms with E-state index in [9.17, 15) is 0 Å². The van der Waals surface area contributed by atoms with Crippen LogP contribution in [0.3, 0.4) is 0 Å². The summed E-state index contributed by atoms with van der Waals surface area (Å²) in [5.41, 5.74) is 5.15. The average molecular weight is 432 g/mol. The van der Waals surface area contributed by atoms with Crippen molar-refractivity contribution >= 4 is 46.2 Å². The highest BCUT2D eigenvalue weighted by Crippen LogP contribution is 2.34. The number of aryl methyl sites for hydroxylation is 1. The molecule has 0 aliphatic carbocycles. The van der Waals surface area contributed by atoms with Crippen molar-refractivity contribution in [2.75, 3.05) is 0 Å². The van der Waals surface area contributed by atoms with Crippen LogP contribution in [0.2, 0.25) is 0 Å². The van der Waals surface area contributed by atoms with E-state index in [2.05, 4.69) is 119 Å². The number of aromatic nitrogens is 4. The third-order valence-electron chi connectivity index (χ3n) is 5.65. The van der Waals surface area contributed by atoms with Gasteiger partial charge in [0.2, 0.25) is 0 Å². The standard InChI is InChI=1S/C27H21N4P/c1-20-28-23-16-8-10-18-25(23)30(20)31-26-19-11-9-17-24(26)29-27(31)32(21-12-4-2-5-13-21)22-14-6-3-7-15-22/h2-19H,1H3. The van der Waals surface area contributed by atoms with Crippen molar-refractivity contribution in [3.63, 3.8) is 0 Å². The summed E-state index contributed by atoms with van der Waals surface area (Å²) in [5, 5.41) is 2.54. The third kappa shape index (κ3) is 3.04. The van der Waals surface area contributed by atoms with Crippen LogP contribution < -0.4 is 16.2 Å². The highest BCUT2D eigenvalue weighted by Gasteiger charge is 2.26. The molecule has 4 nitrogen and oxygen atoms in total. The molecule has 0 N–H and O–H groups in total. The van der Waals surface area contributed by atoms with Crippen molar-refractivity contribution in [1.82, 2.24) is 19.3 Å². The molecule has 0 bridgehead atoms. The van der Waals surface area contributed by atoms with Crippen molar-refractivity contribution in [3.8, 4) is 0 Å². The van der Waals surface area contributed by atoms with Gasteiger partial charge in [-0.15, -0.1) is 0 Å². The SMILES string of the molecule is Cc1nc2ccccc2n1-n1c(P(c2ccccc2)c2ccccc2)nc2ccccc21. The number of rotatable bonds is 4. The second kappa shape index (κ2) is 7.74. The van der Waals surface area contributed by atoms with Gasteiger partial charge >= 0.3 is 0 Å². The number of fused-ring (bicyclic) bond motifs is 2. The van der Waals surface area contributed by atoms with Crippen molar-refractivity contribution in [2.45, 2.75) is 6.92 Å². The summed E-state index contributed by atoms with van der Waals surface area (Å²) >= 11 is 0. The zero-order valence-electron chi connectivity index (χ0n) is 17.6. The molecule has 0 spiro atoms. The van der Waals surface area contributed by atoms with E-state index in [1.54, 1.807) is 0 Å². The molecule has 6 rings (SSSR count). The lowest BCUT2D eigenvalue weighted by Gasteiger charge is -2.21. The lowest BCUT2D eigenvalue weighted by molar-refractivity contribution is 0.696. The van der Waals surface area contributed by atoms with Gasteiger partial charge in [-0.05, 0) is 41.8 Å². The Morgan fingerprint density at radius 2 is 1.00 bits per heavy atom. The molecule has 0 amide bonds. The molecule has 0 aliphatic rings. The first-order chi connectivity index (χ1) is 15.8. The molecule has 5 heteroatoms. The quantitative estimate of drug-likeness (QED) is 0.377. The maximum Gasteiger partial charge on any atom is 0.160 e. The molecular formula is C27H21N4P. The maximum atomic E-state index is 5.21. The monoisotopic (exact) mass is 432 g/mol. The van der Waals surface area contributed by atoms with E-state index in [-0.39, 0.29) is 0 Å². The van der Waals surface area contributed by atoms with Crippen LogP contribution in [-0.4, -0.2) is 19.3 Å². The van der Waals surface area contributed by atoms with Crippen LogP contribution in [0.4, 0.5) is 0 Å². The number of para-hydroxylation sites is 4. The summed E-state index contributed by atoms with van der Waals surface area (Å²) < 4.78 is 4.48. The molecule has 32 heavy (non-hydrogen) atoms. The number of benzene rings is 4. The Labute approximate surface area is 187 Å². The Kier molecular flexibility index (Phi) is 4.59. The summed E-state index contributed by atoms with van der Waals surface area (Å²) in [6, 6.07) is 38.1. The molecule has 0 saturated heterocycles. The molecule has 0 unspecified atom stereocenters. The van der Waals surface area contributed by atoms with Gasteiger partial charge in [0, 0.05) is 7.92 Å². The Balaban J connectivity index is 1.72. The minimum Gasteiger partial charge on any atom is -0.232 e. The molecule has 4 aromatic carbocycles. The second-order valence-electron chi connectivity index (χ2n) is 7.68. The highest BCUT2D eigenvalue weighted by molar-refractivity contribution is 7.79. The predicted octanol–water partition coefficient (Wildman–Crippen LogP) is 4.76. The van der Waals surface area contributed by atoms with Gasteiger partial charge in [0.15, 0.2) is 5.57 Å². The van der Waals surface area contributed by atoms with E-state index in [0.717, 1.165) is 33.5 Å². The van der Waals surface area contributed by atoms with Crippen LogP contribution in [0, 0.1) is 6.92 Å². The summed E-state index contributed by atoms with van der Waals surface area (Å²) in [6.45, 7) is 2.06. The van der Waals surface area contributed by atoms with Gasteiger partial charge < -0.3 is 0 Å². The minimum atomic E-state index is -0.883. The summed E-state index contributed by atoms with van der Waals surface area (Å²) in [6.07, 6.45) is 0. The van der Waals surface area contributed by atoms with E-state index in [4.69, 9.17) is 9.97 Å². The van der Waals surface area contributed by atoms with Crippen molar-refractivity contribution in [3.05, 3.63) is 115 Å². The molecule has 0 aliphatic heterocycles. The second-order valence-corrected chi connectivity index (χ2v) is 9.78. The molecular weight excluding hydrogens is 411 g/mol. The first kappa shape index (κ1) is 19.0. The molecule has 0 saturated carbocycles. The fourth-order valence-electron chi connectivity index (χ4n) is 4.26. The molecule has 2 aromatic heterocycles. The fourth-order valence-corrected chi connectivity index (χ4v) is 6.56. The number of hydrogen-bond donors (Lipinski definition) is 0. The lowest BCUT2D eigenvalue weighted by Crippen LogP contribution is -2.31. The van der Waals surface area contributed by atoms with E-state index in [1.807, 2.05) is 6.07 Å². The molecule has 0 fully saturated rings. The Morgan fingerprint density at radius 3 is 1.59 bits per heavy atom. The minimum absolute atomic E-state index is 0.883. The molecule has 2 heterocycles. The Morgan fingerprint density at radius 1 is 0.531 bits per heavy atom. The van der Waals surface area contributed by atoms with Gasteiger partial charge in [-0.2, -0.15) is 0 Å². The summed E-state index contributed by atoms with van der Waals surface area (Å²) in [5.74, 6) is 0.937. The normalized spacial score (nSPS) is 11.6. The first-order valence-corrected chi connectivity index (χ1v) is 12.0. The summed E-state index contributed by atoms with van der Waals surface area (Å²) in [4.78, 5) is 10.1. The van der Waals surface area contributed by atoms with Gasteiger partial charge in [-0.3, -0.25) is 0 Å². The highest BCUT2D eigenvalue weighted by atomic mass is 31.1. The summed E-state index contributed by atoms with van der Waals surface area (Å²) in [7, 11) is -0.883. The molecule has 154 valence electrons. The predicted molar refractivity (Wildman–Crippen MR) is 134 cm³/mol. The van der Waals surface area contributed by atoms with Crippen LogP contribution >= 0.6 is 7.92 Å². The molecule has 0 radical (unpaired) electrons. The number of imidazole rings is 2. The molecule has 0 atom stereocenters. The van der Waals surface area contributed by atoms with Gasteiger partial charge in [-0.25, -0.2) is 19.3 Å². The van der Waals surface area contributed by atoms with Crippen molar-refractivity contribution in [1.29, 1.82) is 0 Å². The van der Waals surface area contributed by atoms with Crippen molar-refractivity contribution < 1.29 is 0 Å². The largest absolute Gasteiger partial charge is 0.232 e. The third-order valence-corrected chi connectivity index (χ3v) is 7.97. The number of hydrogen-bond acceptors (Lipinski definition) is 2. The van der Waals surface area contributed by atoms with Crippen molar-refractivity contribution in [2.24, 2.45) is 0 Å².